The Labute approximate surface area is 117 Å². The molecule has 1 heterocycles. The number of carbonyl (C=O) groups is 3. The van der Waals surface area contributed by atoms with E-state index < -0.39 is 11.9 Å². The van der Waals surface area contributed by atoms with Crippen LogP contribution in [0, 0.1) is 9.49 Å². The average molecular weight is 359 g/mol. The minimum atomic E-state index is -1.15. The molecule has 2 amide bonds. The highest BCUT2D eigenvalue weighted by molar-refractivity contribution is 14.1. The lowest BCUT2D eigenvalue weighted by Crippen LogP contribution is -2.31. The van der Waals surface area contributed by atoms with Crippen molar-refractivity contribution in [3.63, 3.8) is 0 Å². The highest BCUT2D eigenvalue weighted by Gasteiger charge is 2.38. The Morgan fingerprint density at radius 3 is 2.61 bits per heavy atom. The molecule has 1 atom stereocenters. The van der Waals surface area contributed by atoms with Crippen molar-refractivity contribution in [1.29, 1.82) is 0 Å². The smallest absolute Gasteiger partial charge is 0.337 e. The van der Waals surface area contributed by atoms with Crippen LogP contribution >= 0.6 is 22.6 Å². The summed E-state index contributed by atoms with van der Waals surface area (Å²) in [6.07, 6.45) is 0.129. The Kier molecular flexibility index (Phi) is 3.38. The first-order valence-electron chi connectivity index (χ1n) is 5.31. The fraction of sp³-hybridized carbons (Fsp3) is 0.250. The van der Waals surface area contributed by atoms with Crippen LogP contribution in [0.15, 0.2) is 18.2 Å². The van der Waals surface area contributed by atoms with E-state index >= 15 is 0 Å². The molecule has 0 aliphatic carbocycles. The van der Waals surface area contributed by atoms with Crippen molar-refractivity contribution in [2.75, 3.05) is 4.90 Å². The van der Waals surface area contributed by atoms with Gasteiger partial charge in [-0.3, -0.25) is 9.59 Å². The number of carboxylic acid groups (broad SMARTS) is 1. The van der Waals surface area contributed by atoms with Gasteiger partial charge in [-0.15, -0.1) is 0 Å². The highest BCUT2D eigenvalue weighted by atomic mass is 127. The van der Waals surface area contributed by atoms with Gasteiger partial charge in [0, 0.05) is 15.9 Å². The van der Waals surface area contributed by atoms with Gasteiger partial charge < -0.3 is 5.11 Å². The molecule has 6 heteroatoms. The summed E-state index contributed by atoms with van der Waals surface area (Å²) in [6.45, 7) is 1.66. The van der Waals surface area contributed by atoms with Crippen molar-refractivity contribution < 1.29 is 19.5 Å². The molecule has 1 fully saturated rings. The van der Waals surface area contributed by atoms with Crippen LogP contribution < -0.4 is 4.90 Å². The van der Waals surface area contributed by atoms with Gasteiger partial charge >= 0.3 is 5.97 Å². The highest BCUT2D eigenvalue weighted by Crippen LogP contribution is 2.30. The van der Waals surface area contributed by atoms with E-state index in [-0.39, 0.29) is 29.5 Å². The molecule has 94 valence electrons. The SMILES string of the molecule is CC1CC(=O)N(c2ccc(I)cc2C(=O)O)C1=O. The maximum Gasteiger partial charge on any atom is 0.337 e. The van der Waals surface area contributed by atoms with E-state index in [1.54, 1.807) is 13.0 Å². The number of hydrogen-bond acceptors (Lipinski definition) is 3. The van der Waals surface area contributed by atoms with Gasteiger partial charge in [-0.05, 0) is 40.8 Å². The van der Waals surface area contributed by atoms with Gasteiger partial charge in [0.05, 0.1) is 11.3 Å². The molecule has 1 aromatic carbocycles. The lowest BCUT2D eigenvalue weighted by Gasteiger charge is -2.17. The summed E-state index contributed by atoms with van der Waals surface area (Å²) in [5, 5.41) is 9.14. The Morgan fingerprint density at radius 1 is 1.44 bits per heavy atom. The van der Waals surface area contributed by atoms with Gasteiger partial charge in [-0.25, -0.2) is 9.69 Å². The zero-order chi connectivity index (χ0) is 13.4. The third-order valence-electron chi connectivity index (χ3n) is 2.80. The number of hydrogen-bond donors (Lipinski definition) is 1. The lowest BCUT2D eigenvalue weighted by molar-refractivity contribution is -0.122. The zero-order valence-corrected chi connectivity index (χ0v) is 11.7. The summed E-state index contributed by atoms with van der Waals surface area (Å²) in [5.74, 6) is -2.23. The molecule has 1 saturated heterocycles. The minimum Gasteiger partial charge on any atom is -0.478 e. The monoisotopic (exact) mass is 359 g/mol. The summed E-state index contributed by atoms with van der Waals surface area (Å²) < 4.78 is 0.737. The molecule has 1 aromatic rings. The molecule has 0 bridgehead atoms. The fourth-order valence-corrected chi connectivity index (χ4v) is 2.40. The van der Waals surface area contributed by atoms with Crippen LogP contribution in [-0.2, 0) is 9.59 Å². The van der Waals surface area contributed by atoms with Crippen molar-refractivity contribution in [1.82, 2.24) is 0 Å². The van der Waals surface area contributed by atoms with Crippen LogP contribution in [0.25, 0.3) is 0 Å². The van der Waals surface area contributed by atoms with Crippen LogP contribution in [0.1, 0.15) is 23.7 Å². The molecule has 0 radical (unpaired) electrons. The Morgan fingerprint density at radius 2 is 2.11 bits per heavy atom. The predicted octanol–water partition coefficient (Wildman–Crippen LogP) is 1.89. The molecule has 1 unspecified atom stereocenters. The van der Waals surface area contributed by atoms with Crippen LogP contribution in [0.3, 0.4) is 0 Å². The minimum absolute atomic E-state index is 0.0299. The molecule has 1 N–H and O–H groups in total. The number of halogens is 1. The second kappa shape index (κ2) is 4.68. The Hall–Kier alpha value is -1.44. The fourth-order valence-electron chi connectivity index (χ4n) is 1.91. The van der Waals surface area contributed by atoms with E-state index in [2.05, 4.69) is 0 Å². The summed E-state index contributed by atoms with van der Waals surface area (Å²) >= 11 is 1.98. The molecular formula is C12H10INO4. The van der Waals surface area contributed by atoms with E-state index in [0.717, 1.165) is 8.47 Å². The number of amides is 2. The largest absolute Gasteiger partial charge is 0.478 e. The quantitative estimate of drug-likeness (QED) is 0.647. The number of aromatic carboxylic acids is 1. The first-order chi connectivity index (χ1) is 8.41. The van der Waals surface area contributed by atoms with Gasteiger partial charge in [0.2, 0.25) is 11.8 Å². The lowest BCUT2D eigenvalue weighted by atomic mass is 10.1. The van der Waals surface area contributed by atoms with Gasteiger partial charge in [-0.2, -0.15) is 0 Å². The second-order valence-electron chi connectivity index (χ2n) is 4.14. The summed E-state index contributed by atoms with van der Waals surface area (Å²) in [7, 11) is 0. The third kappa shape index (κ3) is 2.12. The maximum absolute atomic E-state index is 11.9. The molecule has 1 aliphatic rings. The van der Waals surface area contributed by atoms with Crippen molar-refractivity contribution in [2.45, 2.75) is 13.3 Å². The van der Waals surface area contributed by atoms with Crippen LogP contribution in [0.5, 0.6) is 0 Å². The van der Waals surface area contributed by atoms with Crippen LogP contribution in [0.2, 0.25) is 0 Å². The van der Waals surface area contributed by atoms with E-state index in [1.165, 1.54) is 12.1 Å². The Balaban J connectivity index is 2.55. The number of imide groups is 1. The summed E-state index contributed by atoms with van der Waals surface area (Å²) in [6, 6.07) is 4.62. The normalized spacial score (nSPS) is 19.4. The molecule has 18 heavy (non-hydrogen) atoms. The first kappa shape index (κ1) is 13.0. The molecule has 2 rings (SSSR count). The molecular weight excluding hydrogens is 349 g/mol. The van der Waals surface area contributed by atoms with E-state index in [9.17, 15) is 14.4 Å². The molecule has 5 nitrogen and oxygen atoms in total. The zero-order valence-electron chi connectivity index (χ0n) is 9.51. The van der Waals surface area contributed by atoms with Gasteiger partial charge in [0.1, 0.15) is 0 Å². The van der Waals surface area contributed by atoms with Gasteiger partial charge in [0.25, 0.3) is 0 Å². The first-order valence-corrected chi connectivity index (χ1v) is 6.39. The number of anilines is 1. The van der Waals surface area contributed by atoms with Crippen molar-refractivity contribution in [2.24, 2.45) is 5.92 Å². The van der Waals surface area contributed by atoms with Crippen LogP contribution in [0.4, 0.5) is 5.69 Å². The predicted molar refractivity (Wildman–Crippen MR) is 72.4 cm³/mol. The number of rotatable bonds is 2. The molecule has 1 aliphatic heterocycles. The Bertz CT molecular complexity index is 555. The molecule has 0 aromatic heterocycles. The van der Waals surface area contributed by atoms with E-state index in [0.29, 0.717) is 0 Å². The van der Waals surface area contributed by atoms with Crippen molar-refractivity contribution in [3.05, 3.63) is 27.3 Å². The van der Waals surface area contributed by atoms with Gasteiger partial charge in [-0.1, -0.05) is 6.92 Å². The second-order valence-corrected chi connectivity index (χ2v) is 5.38. The summed E-state index contributed by atoms with van der Waals surface area (Å²) in [4.78, 5) is 35.8. The van der Waals surface area contributed by atoms with E-state index in [4.69, 9.17) is 5.11 Å². The van der Waals surface area contributed by atoms with Crippen LogP contribution in [-0.4, -0.2) is 22.9 Å². The van der Waals surface area contributed by atoms with Crippen molar-refractivity contribution >= 4 is 46.1 Å². The third-order valence-corrected chi connectivity index (χ3v) is 3.47. The summed E-state index contributed by atoms with van der Waals surface area (Å²) in [5.41, 5.74) is 0.125. The molecule has 0 saturated carbocycles. The standard InChI is InChI=1S/C12H10INO4/c1-6-4-10(15)14(11(6)16)9-3-2-7(13)5-8(9)12(17)18/h2-3,5-6H,4H2,1H3,(H,17,18). The number of carbonyl (C=O) groups excluding carboxylic acids is 2. The number of nitrogens with zero attached hydrogens (tertiary/aromatic N) is 1. The maximum atomic E-state index is 11.9. The number of carboxylic acids is 1. The number of benzene rings is 1. The topological polar surface area (TPSA) is 74.7 Å². The average Bonchev–Trinajstić information content (AvgIpc) is 2.54. The van der Waals surface area contributed by atoms with E-state index in [1.807, 2.05) is 22.6 Å². The van der Waals surface area contributed by atoms with Gasteiger partial charge in [0.15, 0.2) is 0 Å². The van der Waals surface area contributed by atoms with Crippen molar-refractivity contribution in [3.8, 4) is 0 Å². The molecule has 0 spiro atoms.